The molecule has 0 bridgehead atoms. The van der Waals surface area contributed by atoms with Gasteiger partial charge in [-0.05, 0) is 25.0 Å². The molecule has 1 fully saturated rings. The van der Waals surface area contributed by atoms with Gasteiger partial charge in [-0.3, -0.25) is 9.59 Å². The van der Waals surface area contributed by atoms with Gasteiger partial charge in [-0.2, -0.15) is 13.2 Å². The van der Waals surface area contributed by atoms with Crippen LogP contribution in [0.1, 0.15) is 76.2 Å². The van der Waals surface area contributed by atoms with Crippen molar-refractivity contribution in [3.63, 3.8) is 0 Å². The minimum absolute atomic E-state index is 0.115. The first-order chi connectivity index (χ1) is 13.4. The number of carbonyl (C=O) groups excluding carboxylic acids is 2. The number of alkyl halides is 3. The van der Waals surface area contributed by atoms with E-state index >= 15 is 0 Å². The van der Waals surface area contributed by atoms with E-state index in [1.165, 1.54) is 44.2 Å². The van der Waals surface area contributed by atoms with Crippen LogP contribution >= 0.6 is 0 Å². The van der Waals surface area contributed by atoms with E-state index in [-0.39, 0.29) is 6.04 Å². The monoisotopic (exact) mass is 398 g/mol. The van der Waals surface area contributed by atoms with Crippen LogP contribution in [0.25, 0.3) is 0 Å². The molecule has 0 aromatic heterocycles. The van der Waals surface area contributed by atoms with Crippen LogP contribution in [0.15, 0.2) is 24.3 Å². The topological polar surface area (TPSA) is 58.2 Å². The fourth-order valence-electron chi connectivity index (χ4n) is 3.58. The zero-order chi connectivity index (χ0) is 20.4. The van der Waals surface area contributed by atoms with Crippen LogP contribution in [0.3, 0.4) is 0 Å². The highest BCUT2D eigenvalue weighted by Gasteiger charge is 2.34. The number of hydrogen-bond donors (Lipinski definition) is 2. The minimum Gasteiger partial charge on any atom is -0.345 e. The Kier molecular flexibility index (Phi) is 8.80. The lowest BCUT2D eigenvalue weighted by Gasteiger charge is -2.20. The van der Waals surface area contributed by atoms with Crippen molar-refractivity contribution >= 4 is 17.5 Å². The second-order valence-corrected chi connectivity index (χ2v) is 7.43. The second kappa shape index (κ2) is 11.1. The van der Waals surface area contributed by atoms with Gasteiger partial charge in [0.05, 0.1) is 11.3 Å². The Morgan fingerprint density at radius 3 is 1.82 bits per heavy atom. The van der Waals surface area contributed by atoms with E-state index in [4.69, 9.17) is 0 Å². The van der Waals surface area contributed by atoms with Crippen LogP contribution in [0, 0.1) is 0 Å². The summed E-state index contributed by atoms with van der Waals surface area (Å²) in [6.07, 6.45) is 7.22. The summed E-state index contributed by atoms with van der Waals surface area (Å²) in [5.74, 6) is -1.95. The first-order valence-electron chi connectivity index (χ1n) is 10.2. The third-order valence-electron chi connectivity index (χ3n) is 5.13. The number of halogens is 3. The van der Waals surface area contributed by atoms with Crippen LogP contribution in [0.4, 0.5) is 18.9 Å². The molecule has 2 amide bonds. The molecule has 0 aliphatic heterocycles. The molecule has 0 unspecified atom stereocenters. The van der Waals surface area contributed by atoms with Crippen LogP contribution in [0.2, 0.25) is 0 Å². The Bertz CT molecular complexity index is 635. The van der Waals surface area contributed by atoms with Gasteiger partial charge in [0.25, 0.3) is 0 Å². The van der Waals surface area contributed by atoms with Gasteiger partial charge in [-0.25, -0.2) is 0 Å². The van der Waals surface area contributed by atoms with Gasteiger partial charge in [-0.15, -0.1) is 0 Å². The molecule has 0 radical (unpaired) electrons. The molecule has 4 nitrogen and oxygen atoms in total. The SMILES string of the molecule is O=C(Nc1ccccc1C(F)(F)F)C(=O)NC1CCCCCCCCCCC1. The van der Waals surface area contributed by atoms with E-state index in [9.17, 15) is 22.8 Å². The number of carbonyl (C=O) groups is 2. The summed E-state index contributed by atoms with van der Waals surface area (Å²) in [7, 11) is 0. The van der Waals surface area contributed by atoms with Crippen LogP contribution in [-0.4, -0.2) is 17.9 Å². The van der Waals surface area contributed by atoms with E-state index in [0.717, 1.165) is 50.7 Å². The van der Waals surface area contributed by atoms with Gasteiger partial charge in [0.2, 0.25) is 0 Å². The lowest BCUT2D eigenvalue weighted by atomic mass is 9.98. The van der Waals surface area contributed by atoms with Gasteiger partial charge >= 0.3 is 18.0 Å². The quantitative estimate of drug-likeness (QED) is 0.653. The summed E-state index contributed by atoms with van der Waals surface area (Å²) >= 11 is 0. The van der Waals surface area contributed by atoms with Crippen molar-refractivity contribution in [2.24, 2.45) is 0 Å². The number of anilines is 1. The third kappa shape index (κ3) is 7.52. The smallest absolute Gasteiger partial charge is 0.345 e. The minimum atomic E-state index is -4.60. The molecule has 156 valence electrons. The molecule has 7 heteroatoms. The Hall–Kier alpha value is -2.05. The highest BCUT2D eigenvalue weighted by atomic mass is 19.4. The van der Waals surface area contributed by atoms with Gasteiger partial charge in [0.1, 0.15) is 0 Å². The molecular formula is C21H29F3N2O2. The first-order valence-corrected chi connectivity index (χ1v) is 10.2. The number of benzene rings is 1. The Morgan fingerprint density at radius 2 is 1.29 bits per heavy atom. The van der Waals surface area contributed by atoms with E-state index in [1.54, 1.807) is 0 Å². The van der Waals surface area contributed by atoms with Crippen molar-refractivity contribution < 1.29 is 22.8 Å². The second-order valence-electron chi connectivity index (χ2n) is 7.43. The summed E-state index contributed by atoms with van der Waals surface area (Å²) < 4.78 is 39.1. The average Bonchev–Trinajstić information content (AvgIpc) is 2.63. The Balaban J connectivity index is 1.93. The van der Waals surface area contributed by atoms with Gasteiger partial charge in [0.15, 0.2) is 0 Å². The largest absolute Gasteiger partial charge is 0.418 e. The summed E-state index contributed by atoms with van der Waals surface area (Å²) in [5.41, 5.74) is -1.38. The maximum absolute atomic E-state index is 13.0. The van der Waals surface area contributed by atoms with Crippen molar-refractivity contribution in [1.82, 2.24) is 5.32 Å². The maximum atomic E-state index is 13.0. The third-order valence-corrected chi connectivity index (χ3v) is 5.13. The fourth-order valence-corrected chi connectivity index (χ4v) is 3.58. The molecule has 1 aliphatic rings. The van der Waals surface area contributed by atoms with Gasteiger partial charge < -0.3 is 10.6 Å². The van der Waals surface area contributed by atoms with Crippen LogP contribution in [0.5, 0.6) is 0 Å². The van der Waals surface area contributed by atoms with E-state index in [2.05, 4.69) is 10.6 Å². The summed E-state index contributed by atoms with van der Waals surface area (Å²) in [5, 5.41) is 4.82. The molecule has 0 atom stereocenters. The lowest BCUT2D eigenvalue weighted by Crippen LogP contribution is -2.42. The molecule has 1 saturated carbocycles. The predicted octanol–water partition coefficient (Wildman–Crippen LogP) is 5.43. The molecule has 1 aromatic carbocycles. The summed E-state index contributed by atoms with van der Waals surface area (Å²) in [6.45, 7) is 0. The molecule has 0 spiro atoms. The fraction of sp³-hybridized carbons (Fsp3) is 0.619. The normalized spacial score (nSPS) is 17.8. The van der Waals surface area contributed by atoms with Crippen LogP contribution < -0.4 is 10.6 Å². The van der Waals surface area contributed by atoms with Gasteiger partial charge in [-0.1, -0.05) is 69.9 Å². The standard InChI is InChI=1S/C21H29F3N2O2/c22-21(23,24)17-14-10-11-15-18(17)26-20(28)19(27)25-16-12-8-6-4-2-1-3-5-7-9-13-16/h10-11,14-16H,1-9,12-13H2,(H,25,27)(H,26,28). The summed E-state index contributed by atoms with van der Waals surface area (Å²) in [4.78, 5) is 24.4. The highest BCUT2D eigenvalue weighted by Crippen LogP contribution is 2.34. The molecule has 2 N–H and O–H groups in total. The number of para-hydroxylation sites is 1. The van der Waals surface area contributed by atoms with Crippen molar-refractivity contribution in [2.75, 3.05) is 5.32 Å². The van der Waals surface area contributed by atoms with Crippen molar-refractivity contribution in [2.45, 2.75) is 82.8 Å². The zero-order valence-electron chi connectivity index (χ0n) is 16.1. The van der Waals surface area contributed by atoms with Crippen molar-refractivity contribution in [1.29, 1.82) is 0 Å². The first kappa shape index (κ1) is 22.2. The van der Waals surface area contributed by atoms with Crippen LogP contribution in [-0.2, 0) is 15.8 Å². The predicted molar refractivity (Wildman–Crippen MR) is 103 cm³/mol. The lowest BCUT2D eigenvalue weighted by molar-refractivity contribution is -0.138. The van der Waals surface area contributed by atoms with Gasteiger partial charge in [0, 0.05) is 6.04 Å². The molecule has 0 heterocycles. The molecule has 2 rings (SSSR count). The Labute approximate surface area is 164 Å². The molecule has 1 aliphatic carbocycles. The molecular weight excluding hydrogens is 369 g/mol. The highest BCUT2D eigenvalue weighted by molar-refractivity contribution is 6.39. The average molecular weight is 398 g/mol. The summed E-state index contributed by atoms with van der Waals surface area (Å²) in [6, 6.07) is 4.53. The maximum Gasteiger partial charge on any atom is 0.418 e. The van der Waals surface area contributed by atoms with Crippen molar-refractivity contribution in [3.05, 3.63) is 29.8 Å². The van der Waals surface area contributed by atoms with Crippen molar-refractivity contribution in [3.8, 4) is 0 Å². The molecule has 28 heavy (non-hydrogen) atoms. The van der Waals surface area contributed by atoms with E-state index in [0.29, 0.717) is 0 Å². The number of rotatable bonds is 2. The van der Waals surface area contributed by atoms with E-state index in [1.807, 2.05) is 0 Å². The molecule has 1 aromatic rings. The number of hydrogen-bond acceptors (Lipinski definition) is 2. The Morgan fingerprint density at radius 1 is 0.786 bits per heavy atom. The molecule has 0 saturated heterocycles. The zero-order valence-corrected chi connectivity index (χ0v) is 16.1. The number of nitrogens with one attached hydrogen (secondary N) is 2. The number of amides is 2. The van der Waals surface area contributed by atoms with E-state index < -0.39 is 29.2 Å².